The Morgan fingerprint density at radius 3 is 2.53 bits per heavy atom. The van der Waals surface area contributed by atoms with Gasteiger partial charge in [0, 0.05) is 6.08 Å². The van der Waals surface area contributed by atoms with E-state index in [-0.39, 0.29) is 21.8 Å². The minimum atomic E-state index is -0.621. The van der Waals surface area contributed by atoms with Crippen LogP contribution in [0.15, 0.2) is 76.9 Å². The van der Waals surface area contributed by atoms with Crippen LogP contribution in [0.1, 0.15) is 64.2 Å². The van der Waals surface area contributed by atoms with Crippen LogP contribution >= 0.6 is 11.6 Å². The van der Waals surface area contributed by atoms with Crippen molar-refractivity contribution in [1.82, 2.24) is 5.32 Å². The van der Waals surface area contributed by atoms with Gasteiger partial charge in [0.05, 0.1) is 10.6 Å². The first kappa shape index (κ1) is 25.4. The number of phenolic OH excluding ortho intramolecular Hbond substituents is 1. The Balaban J connectivity index is 1.97. The molecule has 1 aromatic rings. The third-order valence-electron chi connectivity index (χ3n) is 5.57. The van der Waals surface area contributed by atoms with Crippen molar-refractivity contribution in [1.29, 1.82) is 0 Å². The van der Waals surface area contributed by atoms with Gasteiger partial charge < -0.3 is 5.11 Å². The molecular weight excluding hydrogens is 422 g/mol. The molecule has 2 amide bonds. The van der Waals surface area contributed by atoms with Gasteiger partial charge in [0.2, 0.25) is 0 Å². The zero-order valence-corrected chi connectivity index (χ0v) is 20.2. The molecule has 2 N–H and O–H groups in total. The summed E-state index contributed by atoms with van der Waals surface area (Å²) < 4.78 is 0. The topological polar surface area (TPSA) is 66.4 Å². The standard InChI is InChI=1S/C27H32ClNO3/c1-18(11-14-23-20(3)10-7-15-27(23,4)5)8-6-9-19(2)16-25(31)29-26(32)22-13-12-21(30)17-24(22)28/h6,8-9,11-14,16-17,30H,7,10,15H2,1-5H3,(H,29,31,32). The number of benzene rings is 1. The van der Waals surface area contributed by atoms with Crippen LogP contribution in [0.3, 0.4) is 0 Å². The number of rotatable bonds is 6. The number of hydrogen-bond donors (Lipinski definition) is 2. The van der Waals surface area contributed by atoms with Crippen LogP contribution in [-0.4, -0.2) is 16.9 Å². The zero-order chi connectivity index (χ0) is 23.9. The highest BCUT2D eigenvalue weighted by Crippen LogP contribution is 2.40. The monoisotopic (exact) mass is 453 g/mol. The van der Waals surface area contributed by atoms with Gasteiger partial charge in [-0.1, -0.05) is 67.0 Å². The normalized spacial score (nSPS) is 17.3. The summed E-state index contributed by atoms with van der Waals surface area (Å²) in [6, 6.07) is 3.95. The van der Waals surface area contributed by atoms with Crippen LogP contribution in [0.4, 0.5) is 0 Å². The van der Waals surface area contributed by atoms with Crippen LogP contribution in [-0.2, 0) is 4.79 Å². The molecule has 2 rings (SSSR count). The lowest BCUT2D eigenvalue weighted by molar-refractivity contribution is -0.115. The molecule has 170 valence electrons. The van der Waals surface area contributed by atoms with Crippen molar-refractivity contribution >= 4 is 23.4 Å². The Kier molecular flexibility index (Phi) is 8.85. The lowest BCUT2D eigenvalue weighted by Gasteiger charge is -2.32. The summed E-state index contributed by atoms with van der Waals surface area (Å²) in [4.78, 5) is 24.3. The van der Waals surface area contributed by atoms with Gasteiger partial charge in [0.15, 0.2) is 0 Å². The number of allylic oxidation sites excluding steroid dienone is 9. The lowest BCUT2D eigenvalue weighted by atomic mass is 9.72. The summed E-state index contributed by atoms with van der Waals surface area (Å²) in [6.45, 7) is 10.6. The van der Waals surface area contributed by atoms with E-state index in [0.717, 1.165) is 5.57 Å². The SMILES string of the molecule is CC(C=CC1=C(C)CCCC1(C)C)=CC=CC(C)=CC(=O)NC(=O)c1ccc(O)cc1Cl. The Bertz CT molecular complexity index is 1040. The molecule has 1 aliphatic rings. The van der Waals surface area contributed by atoms with Gasteiger partial charge >= 0.3 is 0 Å². The second-order valence-corrected chi connectivity index (χ2v) is 9.31. The van der Waals surface area contributed by atoms with E-state index >= 15 is 0 Å². The van der Waals surface area contributed by atoms with Crippen LogP contribution in [0.5, 0.6) is 5.75 Å². The molecule has 4 nitrogen and oxygen atoms in total. The van der Waals surface area contributed by atoms with Gasteiger partial charge in [0.1, 0.15) is 5.75 Å². The van der Waals surface area contributed by atoms with Gasteiger partial charge in [-0.3, -0.25) is 14.9 Å². The zero-order valence-electron chi connectivity index (χ0n) is 19.5. The molecule has 0 bridgehead atoms. The van der Waals surface area contributed by atoms with Crippen molar-refractivity contribution in [3.8, 4) is 5.75 Å². The van der Waals surface area contributed by atoms with E-state index in [1.807, 2.05) is 25.2 Å². The summed E-state index contributed by atoms with van der Waals surface area (Å²) >= 11 is 5.94. The summed E-state index contributed by atoms with van der Waals surface area (Å²) in [7, 11) is 0. The fourth-order valence-corrected chi connectivity index (χ4v) is 4.05. The average Bonchev–Trinajstić information content (AvgIpc) is 2.66. The third-order valence-corrected chi connectivity index (χ3v) is 5.88. The van der Waals surface area contributed by atoms with Gasteiger partial charge in [-0.25, -0.2) is 0 Å². The maximum Gasteiger partial charge on any atom is 0.259 e. The van der Waals surface area contributed by atoms with E-state index < -0.39 is 11.8 Å². The van der Waals surface area contributed by atoms with E-state index in [0.29, 0.717) is 5.57 Å². The van der Waals surface area contributed by atoms with Crippen molar-refractivity contribution in [2.45, 2.75) is 53.9 Å². The molecule has 0 radical (unpaired) electrons. The van der Waals surface area contributed by atoms with Crippen molar-refractivity contribution in [3.63, 3.8) is 0 Å². The number of halogens is 1. The molecule has 0 saturated carbocycles. The number of hydrogen-bond acceptors (Lipinski definition) is 3. The first-order valence-corrected chi connectivity index (χ1v) is 11.1. The molecule has 0 heterocycles. The lowest BCUT2D eigenvalue weighted by Crippen LogP contribution is -2.29. The molecule has 0 aliphatic heterocycles. The number of carbonyl (C=O) groups is 2. The average molecular weight is 454 g/mol. The van der Waals surface area contributed by atoms with Gasteiger partial charge in [0.25, 0.3) is 11.8 Å². The van der Waals surface area contributed by atoms with Crippen LogP contribution in [0.2, 0.25) is 5.02 Å². The number of phenols is 1. The van der Waals surface area contributed by atoms with E-state index in [9.17, 15) is 14.7 Å². The number of amides is 2. The molecule has 32 heavy (non-hydrogen) atoms. The molecule has 0 saturated heterocycles. The van der Waals surface area contributed by atoms with E-state index in [2.05, 4.69) is 38.2 Å². The quantitative estimate of drug-likeness (QED) is 0.366. The molecular formula is C27H32ClNO3. The van der Waals surface area contributed by atoms with Gasteiger partial charge in [-0.15, -0.1) is 0 Å². The molecule has 0 aromatic heterocycles. The predicted octanol–water partition coefficient (Wildman–Crippen LogP) is 6.83. The highest BCUT2D eigenvalue weighted by molar-refractivity contribution is 6.34. The highest BCUT2D eigenvalue weighted by Gasteiger charge is 2.26. The second-order valence-electron chi connectivity index (χ2n) is 8.91. The summed E-state index contributed by atoms with van der Waals surface area (Å²) in [6.07, 6.45) is 15.0. The van der Waals surface area contributed by atoms with Crippen LogP contribution in [0.25, 0.3) is 0 Å². The molecule has 5 heteroatoms. The number of aromatic hydroxyl groups is 1. The second kappa shape index (κ2) is 11.1. The summed E-state index contributed by atoms with van der Waals surface area (Å²) in [5.41, 5.74) is 5.03. The fourth-order valence-electron chi connectivity index (χ4n) is 3.79. The van der Waals surface area contributed by atoms with Gasteiger partial charge in [-0.05, 0) is 74.8 Å². The first-order valence-electron chi connectivity index (χ1n) is 10.7. The van der Waals surface area contributed by atoms with E-state index in [1.165, 1.54) is 54.7 Å². The van der Waals surface area contributed by atoms with Crippen LogP contribution in [0, 0.1) is 5.41 Å². The molecule has 0 spiro atoms. The van der Waals surface area contributed by atoms with Crippen molar-refractivity contribution < 1.29 is 14.7 Å². The first-order chi connectivity index (χ1) is 15.0. The number of nitrogens with one attached hydrogen (secondary N) is 1. The maximum absolute atomic E-state index is 12.2. The van der Waals surface area contributed by atoms with E-state index in [1.54, 1.807) is 6.92 Å². The predicted molar refractivity (Wildman–Crippen MR) is 132 cm³/mol. The summed E-state index contributed by atoms with van der Waals surface area (Å²) in [5.74, 6) is -1.21. The Morgan fingerprint density at radius 1 is 1.16 bits per heavy atom. The number of carbonyl (C=O) groups excluding carboxylic acids is 2. The molecule has 0 atom stereocenters. The van der Waals surface area contributed by atoms with Crippen molar-refractivity contribution in [2.75, 3.05) is 0 Å². The largest absolute Gasteiger partial charge is 0.508 e. The van der Waals surface area contributed by atoms with Crippen molar-refractivity contribution in [2.24, 2.45) is 5.41 Å². The van der Waals surface area contributed by atoms with Crippen molar-refractivity contribution in [3.05, 3.63) is 87.5 Å². The molecule has 0 fully saturated rings. The third kappa shape index (κ3) is 7.38. The minimum Gasteiger partial charge on any atom is -0.508 e. The smallest absolute Gasteiger partial charge is 0.259 e. The Labute approximate surface area is 196 Å². The van der Waals surface area contributed by atoms with E-state index in [4.69, 9.17) is 11.6 Å². The molecule has 1 aliphatic carbocycles. The fraction of sp³-hybridized carbons (Fsp3) is 0.333. The number of imide groups is 1. The summed E-state index contributed by atoms with van der Waals surface area (Å²) in [5, 5.41) is 11.7. The molecule has 1 aromatic carbocycles. The molecule has 0 unspecified atom stereocenters. The minimum absolute atomic E-state index is 0.0498. The highest BCUT2D eigenvalue weighted by atomic mass is 35.5. The van der Waals surface area contributed by atoms with Crippen LogP contribution < -0.4 is 5.32 Å². The Morgan fingerprint density at radius 2 is 1.88 bits per heavy atom. The maximum atomic E-state index is 12.2. The Hall–Kier alpha value is -2.85. The van der Waals surface area contributed by atoms with Gasteiger partial charge in [-0.2, -0.15) is 0 Å².